The third kappa shape index (κ3) is 3.15. The summed E-state index contributed by atoms with van der Waals surface area (Å²) < 4.78 is 21.3. The maximum absolute atomic E-state index is 13.3. The van der Waals surface area contributed by atoms with Crippen molar-refractivity contribution in [3.05, 3.63) is 46.5 Å². The van der Waals surface area contributed by atoms with Crippen molar-refractivity contribution >= 4 is 12.1 Å². The first kappa shape index (κ1) is 18.3. The van der Waals surface area contributed by atoms with Crippen molar-refractivity contribution in [3.63, 3.8) is 0 Å². The van der Waals surface area contributed by atoms with Crippen molar-refractivity contribution in [1.29, 1.82) is 0 Å². The molecule has 0 saturated heterocycles. The topological polar surface area (TPSA) is 71.1 Å². The highest BCUT2D eigenvalue weighted by atomic mass is 16.5. The van der Waals surface area contributed by atoms with Gasteiger partial charge in [0.15, 0.2) is 17.8 Å². The summed E-state index contributed by atoms with van der Waals surface area (Å²) in [6, 6.07) is 6.52. The van der Waals surface area contributed by atoms with Gasteiger partial charge in [-0.25, -0.2) is 0 Å². The fourth-order valence-corrected chi connectivity index (χ4v) is 2.75. The number of hydrogen-bond donors (Lipinski definition) is 0. The average Bonchev–Trinajstić information content (AvgIpc) is 2.65. The molecule has 25 heavy (non-hydrogen) atoms. The second-order valence-electron chi connectivity index (χ2n) is 5.21. The third-order valence-corrected chi connectivity index (χ3v) is 3.89. The molecule has 132 valence electrons. The van der Waals surface area contributed by atoms with Crippen molar-refractivity contribution in [2.75, 3.05) is 28.4 Å². The zero-order chi connectivity index (χ0) is 18.6. The summed E-state index contributed by atoms with van der Waals surface area (Å²) >= 11 is 0. The van der Waals surface area contributed by atoms with Crippen molar-refractivity contribution < 1.29 is 28.5 Å². The van der Waals surface area contributed by atoms with E-state index in [2.05, 4.69) is 0 Å². The van der Waals surface area contributed by atoms with Crippen molar-refractivity contribution in [3.8, 4) is 23.0 Å². The Hall–Kier alpha value is -3.02. The first-order valence-electron chi connectivity index (χ1n) is 7.50. The molecule has 0 aromatic heterocycles. The van der Waals surface area contributed by atoms with Crippen LogP contribution in [0.25, 0.3) is 0 Å². The predicted molar refractivity (Wildman–Crippen MR) is 92.6 cm³/mol. The smallest absolute Gasteiger partial charge is 0.204 e. The Morgan fingerprint density at radius 2 is 1.52 bits per heavy atom. The highest BCUT2D eigenvalue weighted by Gasteiger charge is 2.27. The molecular formula is C19H20O6. The van der Waals surface area contributed by atoms with E-state index >= 15 is 0 Å². The quantitative estimate of drug-likeness (QED) is 0.568. The van der Waals surface area contributed by atoms with E-state index in [4.69, 9.17) is 18.9 Å². The van der Waals surface area contributed by atoms with Crippen LogP contribution in [0.15, 0.2) is 24.3 Å². The minimum atomic E-state index is -0.394. The molecule has 0 radical (unpaired) electrons. The molecule has 0 aliphatic heterocycles. The van der Waals surface area contributed by atoms with Crippen LogP contribution in [0, 0.1) is 6.92 Å². The predicted octanol–water partition coefficient (Wildman–Crippen LogP) is 3.07. The molecule has 2 rings (SSSR count). The lowest BCUT2D eigenvalue weighted by atomic mass is 9.93. The van der Waals surface area contributed by atoms with E-state index in [9.17, 15) is 9.59 Å². The number of carbonyl (C=O) groups is 2. The number of rotatable bonds is 7. The first-order chi connectivity index (χ1) is 12.0. The van der Waals surface area contributed by atoms with Gasteiger partial charge in [-0.2, -0.15) is 0 Å². The van der Waals surface area contributed by atoms with Gasteiger partial charge in [0.1, 0.15) is 5.75 Å². The van der Waals surface area contributed by atoms with Gasteiger partial charge >= 0.3 is 0 Å². The van der Waals surface area contributed by atoms with E-state index in [0.29, 0.717) is 29.1 Å². The van der Waals surface area contributed by atoms with Crippen molar-refractivity contribution in [2.45, 2.75) is 6.92 Å². The Bertz CT molecular complexity index is 810. The lowest BCUT2D eigenvalue weighted by molar-refractivity contribution is 0.102. The molecule has 0 N–H and O–H groups in total. The minimum absolute atomic E-state index is 0.175. The van der Waals surface area contributed by atoms with Crippen LogP contribution in [0.1, 0.15) is 31.8 Å². The summed E-state index contributed by atoms with van der Waals surface area (Å²) in [4.78, 5) is 24.7. The zero-order valence-corrected chi connectivity index (χ0v) is 14.8. The third-order valence-electron chi connectivity index (χ3n) is 3.89. The van der Waals surface area contributed by atoms with Crippen LogP contribution in [-0.4, -0.2) is 40.5 Å². The van der Waals surface area contributed by atoms with Crippen molar-refractivity contribution in [2.24, 2.45) is 0 Å². The van der Waals surface area contributed by atoms with Gasteiger partial charge in [0.2, 0.25) is 11.5 Å². The first-order valence-corrected chi connectivity index (χ1v) is 7.50. The summed E-state index contributed by atoms with van der Waals surface area (Å²) in [5.41, 5.74) is 1.32. The highest BCUT2D eigenvalue weighted by molar-refractivity contribution is 6.17. The van der Waals surface area contributed by atoms with Crippen LogP contribution >= 0.6 is 0 Å². The SMILES string of the molecule is COc1cc(C)c(C(=O)c2c(C=O)cccc2OC)c(OC)c1OC. The van der Waals surface area contributed by atoms with Crippen LogP contribution in [0.3, 0.4) is 0 Å². The molecule has 0 saturated carbocycles. The van der Waals surface area contributed by atoms with Crippen LogP contribution in [0.2, 0.25) is 0 Å². The maximum atomic E-state index is 13.3. The van der Waals surface area contributed by atoms with Crippen LogP contribution in [0.5, 0.6) is 23.0 Å². The van der Waals surface area contributed by atoms with Crippen LogP contribution in [0.4, 0.5) is 0 Å². The maximum Gasteiger partial charge on any atom is 0.204 e. The Balaban J connectivity index is 2.79. The van der Waals surface area contributed by atoms with E-state index in [1.165, 1.54) is 28.4 Å². The van der Waals surface area contributed by atoms with Crippen LogP contribution in [-0.2, 0) is 0 Å². The van der Waals surface area contributed by atoms with Gasteiger partial charge in [0.05, 0.1) is 39.6 Å². The molecule has 0 fully saturated rings. The van der Waals surface area contributed by atoms with Gasteiger partial charge in [0, 0.05) is 5.56 Å². The number of aryl methyl sites for hydroxylation is 1. The monoisotopic (exact) mass is 344 g/mol. The number of benzene rings is 2. The van der Waals surface area contributed by atoms with Crippen LogP contribution < -0.4 is 18.9 Å². The van der Waals surface area contributed by atoms with E-state index < -0.39 is 5.78 Å². The molecule has 6 heteroatoms. The van der Waals surface area contributed by atoms with E-state index in [1.54, 1.807) is 31.2 Å². The molecule has 0 spiro atoms. The Morgan fingerprint density at radius 1 is 0.880 bits per heavy atom. The molecular weight excluding hydrogens is 324 g/mol. The van der Waals surface area contributed by atoms with E-state index in [-0.39, 0.29) is 22.4 Å². The molecule has 0 bridgehead atoms. The van der Waals surface area contributed by atoms with Gasteiger partial charge in [-0.3, -0.25) is 9.59 Å². The number of hydrogen-bond acceptors (Lipinski definition) is 6. The normalized spacial score (nSPS) is 10.1. The number of carbonyl (C=O) groups excluding carboxylic acids is 2. The molecule has 6 nitrogen and oxygen atoms in total. The van der Waals surface area contributed by atoms with Gasteiger partial charge in [0.25, 0.3) is 0 Å². The summed E-state index contributed by atoms with van der Waals surface area (Å²) in [5.74, 6) is 0.915. The van der Waals surface area contributed by atoms with Crippen molar-refractivity contribution in [1.82, 2.24) is 0 Å². The number of methoxy groups -OCH3 is 4. The highest BCUT2D eigenvalue weighted by Crippen LogP contribution is 2.43. The molecule has 2 aromatic rings. The molecule has 0 aliphatic carbocycles. The summed E-state index contributed by atoms with van der Waals surface area (Å²) in [5, 5.41) is 0. The summed E-state index contributed by atoms with van der Waals surface area (Å²) in [6.45, 7) is 1.76. The second-order valence-corrected chi connectivity index (χ2v) is 5.21. The van der Waals surface area contributed by atoms with E-state index in [0.717, 1.165) is 0 Å². The fourth-order valence-electron chi connectivity index (χ4n) is 2.75. The molecule has 0 atom stereocenters. The van der Waals surface area contributed by atoms with E-state index in [1.807, 2.05) is 0 Å². The Kier molecular flexibility index (Phi) is 5.64. The molecule has 2 aromatic carbocycles. The number of ketones is 1. The Labute approximate surface area is 146 Å². The lowest BCUT2D eigenvalue weighted by Gasteiger charge is -2.18. The molecule has 0 amide bonds. The summed E-state index contributed by atoms with van der Waals surface area (Å²) in [6.07, 6.45) is 0.623. The zero-order valence-electron chi connectivity index (χ0n) is 14.8. The summed E-state index contributed by atoms with van der Waals surface area (Å²) in [7, 11) is 5.85. The largest absolute Gasteiger partial charge is 0.496 e. The molecule has 0 aliphatic rings. The van der Waals surface area contributed by atoms with Gasteiger partial charge in [-0.1, -0.05) is 12.1 Å². The number of ether oxygens (including phenoxy) is 4. The minimum Gasteiger partial charge on any atom is -0.496 e. The second kappa shape index (κ2) is 7.70. The standard InChI is InChI=1S/C19H20O6/c1-11-9-14(23-3)18(24-4)19(25-5)15(11)17(21)16-12(10-20)7-6-8-13(16)22-2/h6-10H,1-5H3. The molecule has 0 unspecified atom stereocenters. The van der Waals surface area contributed by atoms with Gasteiger partial charge in [-0.15, -0.1) is 0 Å². The lowest BCUT2D eigenvalue weighted by Crippen LogP contribution is -2.12. The van der Waals surface area contributed by atoms with Gasteiger partial charge in [-0.05, 0) is 24.6 Å². The Morgan fingerprint density at radius 3 is 2.04 bits per heavy atom. The molecule has 0 heterocycles. The average molecular weight is 344 g/mol. The van der Waals surface area contributed by atoms with Gasteiger partial charge < -0.3 is 18.9 Å². The number of aldehydes is 1. The fraction of sp³-hybridized carbons (Fsp3) is 0.263.